The van der Waals surface area contributed by atoms with Crippen molar-refractivity contribution in [3.05, 3.63) is 11.6 Å². The Morgan fingerprint density at radius 1 is 1.10 bits per heavy atom. The number of nitrogens with zero attached hydrogens (tertiary/aromatic N) is 1. The van der Waals surface area contributed by atoms with E-state index in [2.05, 4.69) is 13.0 Å². The summed E-state index contributed by atoms with van der Waals surface area (Å²) in [5, 5.41) is 0. The molecule has 0 aromatic rings. The molecule has 7 atom stereocenters. The Bertz CT molecular complexity index is 803. The monoisotopic (exact) mass is 429 g/mol. The molecule has 4 rings (SSSR count). The van der Waals surface area contributed by atoms with E-state index in [1.165, 1.54) is 7.11 Å². The lowest BCUT2D eigenvalue weighted by Gasteiger charge is -2.59. The first kappa shape index (κ1) is 22.5. The van der Waals surface area contributed by atoms with E-state index in [1.807, 2.05) is 11.9 Å². The maximum absolute atomic E-state index is 12.6. The molecule has 0 spiro atoms. The van der Waals surface area contributed by atoms with Gasteiger partial charge in [0, 0.05) is 25.9 Å². The molecule has 0 bridgehead atoms. The summed E-state index contributed by atoms with van der Waals surface area (Å²) in [4.78, 5) is 38.8. The van der Waals surface area contributed by atoms with E-state index in [1.54, 1.807) is 19.4 Å². The Hall–Kier alpha value is -1.65. The van der Waals surface area contributed by atoms with Crippen molar-refractivity contribution in [2.45, 2.75) is 84.6 Å². The summed E-state index contributed by atoms with van der Waals surface area (Å²) in [6, 6.07) is 0.309. The molecule has 1 amide bonds. The molecule has 4 aliphatic carbocycles. The number of hydrogen-bond acceptors (Lipinski definition) is 4. The van der Waals surface area contributed by atoms with Crippen LogP contribution in [-0.2, 0) is 19.1 Å². The van der Waals surface area contributed by atoms with Crippen molar-refractivity contribution < 1.29 is 19.1 Å². The van der Waals surface area contributed by atoms with Gasteiger partial charge in [0.15, 0.2) is 0 Å². The van der Waals surface area contributed by atoms with E-state index in [0.717, 1.165) is 51.4 Å². The molecule has 3 saturated carbocycles. The molecule has 0 radical (unpaired) electrons. The average Bonchev–Trinajstić information content (AvgIpc) is 3.11. The first-order valence-corrected chi connectivity index (χ1v) is 12.1. The smallest absolute Gasteiger partial charge is 0.306 e. The van der Waals surface area contributed by atoms with Crippen molar-refractivity contribution in [3.8, 4) is 0 Å². The van der Waals surface area contributed by atoms with Gasteiger partial charge in [0.2, 0.25) is 5.91 Å². The molecule has 0 aromatic carbocycles. The van der Waals surface area contributed by atoms with Gasteiger partial charge in [0.05, 0.1) is 13.5 Å². The lowest BCUT2D eigenvalue weighted by atomic mass is 9.46. The van der Waals surface area contributed by atoms with Crippen LogP contribution in [0.4, 0.5) is 0 Å². The van der Waals surface area contributed by atoms with Crippen LogP contribution in [0.3, 0.4) is 0 Å². The van der Waals surface area contributed by atoms with Crippen molar-refractivity contribution in [1.82, 2.24) is 4.90 Å². The zero-order chi connectivity index (χ0) is 22.6. The zero-order valence-electron chi connectivity index (χ0n) is 19.9. The Morgan fingerprint density at radius 2 is 1.84 bits per heavy atom. The van der Waals surface area contributed by atoms with E-state index in [4.69, 9.17) is 4.74 Å². The minimum atomic E-state index is -0.214. The third-order valence-corrected chi connectivity index (χ3v) is 10.0. The number of carbonyl (C=O) groups excluding carboxylic acids is 3. The largest absolute Gasteiger partial charge is 0.469 e. The second kappa shape index (κ2) is 8.04. The Labute approximate surface area is 187 Å². The van der Waals surface area contributed by atoms with Crippen LogP contribution in [0.1, 0.15) is 78.6 Å². The van der Waals surface area contributed by atoms with Crippen LogP contribution >= 0.6 is 0 Å². The minimum absolute atomic E-state index is 0.00400. The maximum atomic E-state index is 12.6. The van der Waals surface area contributed by atoms with Gasteiger partial charge in [-0.2, -0.15) is 0 Å². The minimum Gasteiger partial charge on any atom is -0.469 e. The molecule has 172 valence electrons. The van der Waals surface area contributed by atoms with Gasteiger partial charge in [0.25, 0.3) is 0 Å². The van der Waals surface area contributed by atoms with Gasteiger partial charge in [-0.1, -0.05) is 18.6 Å². The number of Topliss-reactive ketones (excluding diaryl/α,β-unsaturated/α-hetero) is 1. The summed E-state index contributed by atoms with van der Waals surface area (Å²) >= 11 is 0. The molecular formula is C26H39NO4. The number of rotatable bonds is 4. The molecular weight excluding hydrogens is 390 g/mol. The summed E-state index contributed by atoms with van der Waals surface area (Å²) in [7, 11) is 3.40. The molecule has 0 heterocycles. The van der Waals surface area contributed by atoms with Gasteiger partial charge in [-0.05, 0) is 86.9 Å². The number of carbonyl (C=O) groups is 3. The number of ether oxygens (including phenoxy) is 1. The van der Waals surface area contributed by atoms with Crippen molar-refractivity contribution >= 4 is 17.7 Å². The predicted molar refractivity (Wildman–Crippen MR) is 119 cm³/mol. The van der Waals surface area contributed by atoms with E-state index < -0.39 is 0 Å². The van der Waals surface area contributed by atoms with E-state index in [-0.39, 0.29) is 34.4 Å². The number of allylic oxidation sites excluding steroid dienone is 1. The Morgan fingerprint density at radius 3 is 2.48 bits per heavy atom. The number of ketones is 1. The number of amides is 1. The van der Waals surface area contributed by atoms with Crippen molar-refractivity contribution in [2.75, 3.05) is 14.2 Å². The first-order chi connectivity index (χ1) is 14.6. The predicted octanol–water partition coefficient (Wildman–Crippen LogP) is 4.54. The highest BCUT2D eigenvalue weighted by atomic mass is 16.5. The van der Waals surface area contributed by atoms with E-state index in [0.29, 0.717) is 30.2 Å². The highest BCUT2D eigenvalue weighted by Gasteiger charge is 2.61. The fraction of sp³-hybridized carbons (Fsp3) is 0.808. The fourth-order valence-electron chi connectivity index (χ4n) is 8.33. The van der Waals surface area contributed by atoms with Crippen LogP contribution in [0.5, 0.6) is 0 Å². The molecule has 5 nitrogen and oxygen atoms in total. The summed E-state index contributed by atoms with van der Waals surface area (Å²) in [6.07, 6.45) is 11.1. The summed E-state index contributed by atoms with van der Waals surface area (Å²) in [5.74, 6) is 1.80. The number of methoxy groups -OCH3 is 1. The van der Waals surface area contributed by atoms with Gasteiger partial charge >= 0.3 is 5.97 Å². The molecule has 0 unspecified atom stereocenters. The van der Waals surface area contributed by atoms with Crippen molar-refractivity contribution in [2.24, 2.45) is 34.5 Å². The lowest BCUT2D eigenvalue weighted by molar-refractivity contribution is -0.150. The van der Waals surface area contributed by atoms with Gasteiger partial charge in [-0.15, -0.1) is 0 Å². The molecule has 0 aliphatic heterocycles. The van der Waals surface area contributed by atoms with Gasteiger partial charge in [-0.3, -0.25) is 14.4 Å². The highest BCUT2D eigenvalue weighted by Crippen LogP contribution is 2.67. The molecule has 0 aromatic heterocycles. The second-order valence-corrected chi connectivity index (χ2v) is 11.1. The van der Waals surface area contributed by atoms with Crippen LogP contribution in [0.25, 0.3) is 0 Å². The summed E-state index contributed by atoms with van der Waals surface area (Å²) in [5.41, 5.74) is 1.51. The topological polar surface area (TPSA) is 63.7 Å². The van der Waals surface area contributed by atoms with Crippen LogP contribution in [0.15, 0.2) is 11.6 Å². The average molecular weight is 430 g/mol. The molecule has 0 saturated heterocycles. The molecule has 3 fully saturated rings. The SMILES string of the molecule is COC(=O)C[C@]12CC[C@H]3[C@@H](CC=C4C[C@@H](N(C)C(C)=O)CC[C@@]43C)[C@@H]1CC[C@@H]2C(C)=O. The van der Waals surface area contributed by atoms with Gasteiger partial charge in [-0.25, -0.2) is 0 Å². The van der Waals surface area contributed by atoms with Crippen LogP contribution in [0.2, 0.25) is 0 Å². The first-order valence-electron chi connectivity index (χ1n) is 12.1. The van der Waals surface area contributed by atoms with Crippen molar-refractivity contribution in [1.29, 1.82) is 0 Å². The van der Waals surface area contributed by atoms with E-state index in [9.17, 15) is 14.4 Å². The fourth-order valence-corrected chi connectivity index (χ4v) is 8.33. The maximum Gasteiger partial charge on any atom is 0.306 e. The molecule has 31 heavy (non-hydrogen) atoms. The summed E-state index contributed by atoms with van der Waals surface area (Å²) < 4.78 is 5.08. The lowest BCUT2D eigenvalue weighted by Crippen LogP contribution is -2.53. The Balaban J connectivity index is 1.63. The second-order valence-electron chi connectivity index (χ2n) is 11.1. The zero-order valence-corrected chi connectivity index (χ0v) is 19.9. The van der Waals surface area contributed by atoms with E-state index >= 15 is 0 Å². The number of esters is 1. The third kappa shape index (κ3) is 3.47. The summed E-state index contributed by atoms with van der Waals surface area (Å²) in [6.45, 7) is 5.82. The number of hydrogen-bond donors (Lipinski definition) is 0. The normalized spacial score (nSPS) is 41.3. The quantitative estimate of drug-likeness (QED) is 0.486. The van der Waals surface area contributed by atoms with Gasteiger partial charge < -0.3 is 9.64 Å². The number of fused-ring (bicyclic) bond motifs is 5. The van der Waals surface area contributed by atoms with Crippen LogP contribution in [-0.4, -0.2) is 42.8 Å². The Kier molecular flexibility index (Phi) is 5.85. The highest BCUT2D eigenvalue weighted by molar-refractivity contribution is 5.81. The van der Waals surface area contributed by atoms with Crippen LogP contribution in [0, 0.1) is 34.5 Å². The standard InChI is InChI=1S/C26H39NO4/c1-16(28)21-8-9-23-20-7-6-18-14-19(27(4)17(2)29)10-12-25(18,3)22(20)11-13-26(21,23)15-24(30)31-5/h6,19-23H,7-15H2,1-5H3/t19-,20+,21+,22-,23-,25-,26-/m0/s1. The van der Waals surface area contributed by atoms with Gasteiger partial charge in [0.1, 0.15) is 5.78 Å². The third-order valence-electron chi connectivity index (χ3n) is 10.0. The van der Waals surface area contributed by atoms with Crippen LogP contribution < -0.4 is 0 Å². The molecule has 5 heteroatoms. The molecule has 4 aliphatic rings. The van der Waals surface area contributed by atoms with Crippen molar-refractivity contribution in [3.63, 3.8) is 0 Å². The molecule has 0 N–H and O–H groups in total.